The van der Waals surface area contributed by atoms with Crippen molar-refractivity contribution in [3.05, 3.63) is 65.7 Å². The maximum atomic E-state index is 13.6. The lowest BCUT2D eigenvalue weighted by atomic mass is 9.98. The van der Waals surface area contributed by atoms with Crippen molar-refractivity contribution in [2.45, 2.75) is 76.2 Å². The van der Waals surface area contributed by atoms with Gasteiger partial charge in [0.1, 0.15) is 24.0 Å². The maximum absolute atomic E-state index is 13.6. The molecular formula is C28H35N3O3. The second kappa shape index (κ2) is 10.5. The summed E-state index contributed by atoms with van der Waals surface area (Å²) in [7, 11) is 0. The van der Waals surface area contributed by atoms with Crippen molar-refractivity contribution in [3.63, 3.8) is 0 Å². The number of carbonyl (C=O) groups is 1. The first-order valence-electron chi connectivity index (χ1n) is 12.3. The summed E-state index contributed by atoms with van der Waals surface area (Å²) >= 11 is 0. The summed E-state index contributed by atoms with van der Waals surface area (Å²) in [5.74, 6) is 0.756. The summed E-state index contributed by atoms with van der Waals surface area (Å²) in [6.07, 6.45) is 2.41. The summed E-state index contributed by atoms with van der Waals surface area (Å²) in [5, 5.41) is 12.9. The van der Waals surface area contributed by atoms with Gasteiger partial charge in [0.2, 0.25) is 0 Å². The Labute approximate surface area is 202 Å². The molecule has 1 saturated heterocycles. The van der Waals surface area contributed by atoms with E-state index in [4.69, 9.17) is 9.47 Å². The van der Waals surface area contributed by atoms with E-state index in [0.717, 1.165) is 32.4 Å². The molecule has 4 unspecified atom stereocenters. The molecule has 1 aliphatic heterocycles. The number of benzene rings is 2. The molecule has 1 aliphatic carbocycles. The van der Waals surface area contributed by atoms with Crippen LogP contribution in [0.2, 0.25) is 0 Å². The predicted molar refractivity (Wildman–Crippen MR) is 132 cm³/mol. The van der Waals surface area contributed by atoms with Gasteiger partial charge < -0.3 is 14.8 Å². The van der Waals surface area contributed by atoms with E-state index in [-0.39, 0.29) is 29.7 Å². The van der Waals surface area contributed by atoms with Crippen LogP contribution in [0.25, 0.3) is 0 Å². The molecule has 2 fully saturated rings. The number of ether oxygens (including phenoxy) is 2. The summed E-state index contributed by atoms with van der Waals surface area (Å²) in [6, 6.07) is 19.8. The van der Waals surface area contributed by atoms with Gasteiger partial charge in [-0.2, -0.15) is 5.26 Å². The molecule has 4 rings (SSSR count). The van der Waals surface area contributed by atoms with E-state index in [1.54, 1.807) is 6.07 Å². The third-order valence-electron chi connectivity index (χ3n) is 6.81. The highest BCUT2D eigenvalue weighted by Gasteiger charge is 2.42. The lowest BCUT2D eigenvalue weighted by molar-refractivity contribution is -0.0131. The first-order valence-corrected chi connectivity index (χ1v) is 12.3. The van der Waals surface area contributed by atoms with Crippen molar-refractivity contribution in [3.8, 4) is 11.8 Å². The molecule has 1 heterocycles. The van der Waals surface area contributed by atoms with E-state index in [2.05, 4.69) is 44.3 Å². The van der Waals surface area contributed by atoms with E-state index in [1.165, 1.54) is 5.56 Å². The fourth-order valence-corrected chi connectivity index (χ4v) is 5.24. The minimum atomic E-state index is -0.397. The largest absolute Gasteiger partial charge is 0.485 e. The van der Waals surface area contributed by atoms with E-state index in [9.17, 15) is 10.1 Å². The molecule has 0 bridgehead atoms. The van der Waals surface area contributed by atoms with Crippen LogP contribution in [-0.2, 0) is 4.74 Å². The molecule has 4 atom stereocenters. The number of piperidine rings is 1. The molecule has 34 heavy (non-hydrogen) atoms. The third kappa shape index (κ3) is 5.53. The molecule has 0 radical (unpaired) electrons. The van der Waals surface area contributed by atoms with Gasteiger partial charge in [-0.15, -0.1) is 0 Å². The average Bonchev–Trinajstić information content (AvgIpc) is 3.22. The number of rotatable bonds is 5. The van der Waals surface area contributed by atoms with Crippen LogP contribution in [-0.4, -0.2) is 47.9 Å². The van der Waals surface area contributed by atoms with Crippen molar-refractivity contribution in [2.75, 3.05) is 13.1 Å². The van der Waals surface area contributed by atoms with Crippen molar-refractivity contribution < 1.29 is 14.3 Å². The highest BCUT2D eigenvalue weighted by Crippen LogP contribution is 2.39. The van der Waals surface area contributed by atoms with Gasteiger partial charge in [0, 0.05) is 18.1 Å². The third-order valence-corrected chi connectivity index (χ3v) is 6.81. The SMILES string of the molecule is CC(C)(C)N(C(=O)OC1CC(c2ccccc2)CC1Oc1ccccc1C#N)C1CCCNC1. The number of carbonyl (C=O) groups excluding carboxylic acids is 1. The van der Waals surface area contributed by atoms with Gasteiger partial charge in [-0.05, 0) is 76.6 Å². The molecule has 180 valence electrons. The van der Waals surface area contributed by atoms with E-state index in [1.807, 2.05) is 41.3 Å². The Morgan fingerprint density at radius 3 is 2.44 bits per heavy atom. The van der Waals surface area contributed by atoms with Gasteiger partial charge >= 0.3 is 6.09 Å². The summed E-state index contributed by atoms with van der Waals surface area (Å²) in [5.41, 5.74) is 1.34. The number of hydrogen-bond donors (Lipinski definition) is 1. The smallest absolute Gasteiger partial charge is 0.410 e. The highest BCUT2D eigenvalue weighted by atomic mass is 16.6. The monoisotopic (exact) mass is 461 g/mol. The quantitative estimate of drug-likeness (QED) is 0.659. The zero-order valence-electron chi connectivity index (χ0n) is 20.4. The summed E-state index contributed by atoms with van der Waals surface area (Å²) < 4.78 is 12.6. The normalized spacial score (nSPS) is 24.8. The van der Waals surface area contributed by atoms with Crippen molar-refractivity contribution in [1.29, 1.82) is 5.26 Å². The maximum Gasteiger partial charge on any atom is 0.410 e. The minimum absolute atomic E-state index is 0.103. The van der Waals surface area contributed by atoms with Gasteiger partial charge in [-0.25, -0.2) is 4.79 Å². The number of amides is 1. The Morgan fingerprint density at radius 1 is 1.06 bits per heavy atom. The Hall–Kier alpha value is -3.04. The summed E-state index contributed by atoms with van der Waals surface area (Å²) in [4.78, 5) is 15.5. The van der Waals surface area contributed by atoms with Crippen molar-refractivity contribution >= 4 is 6.09 Å². The first-order chi connectivity index (χ1) is 16.4. The number of hydrogen-bond acceptors (Lipinski definition) is 5. The molecule has 6 nitrogen and oxygen atoms in total. The Morgan fingerprint density at radius 2 is 1.76 bits per heavy atom. The van der Waals surface area contributed by atoms with Crippen LogP contribution in [0.3, 0.4) is 0 Å². The van der Waals surface area contributed by atoms with Gasteiger partial charge in [-0.3, -0.25) is 4.90 Å². The highest BCUT2D eigenvalue weighted by molar-refractivity contribution is 5.69. The van der Waals surface area contributed by atoms with Gasteiger partial charge in [0.25, 0.3) is 0 Å². The Bertz CT molecular complexity index is 1010. The van der Waals surface area contributed by atoms with Gasteiger partial charge in [0.05, 0.1) is 5.56 Å². The molecule has 0 spiro atoms. The molecular weight excluding hydrogens is 426 g/mol. The lowest BCUT2D eigenvalue weighted by Crippen LogP contribution is -2.57. The number of nitriles is 1. The van der Waals surface area contributed by atoms with Gasteiger partial charge in [0.15, 0.2) is 0 Å². The number of nitrogens with one attached hydrogen (secondary N) is 1. The molecule has 1 saturated carbocycles. The second-order valence-electron chi connectivity index (χ2n) is 10.3. The van der Waals surface area contributed by atoms with Crippen LogP contribution >= 0.6 is 0 Å². The fourth-order valence-electron chi connectivity index (χ4n) is 5.24. The fraction of sp³-hybridized carbons (Fsp3) is 0.500. The van der Waals surface area contributed by atoms with Crippen LogP contribution in [0, 0.1) is 11.3 Å². The molecule has 2 aromatic rings. The molecule has 1 N–H and O–H groups in total. The average molecular weight is 462 g/mol. The standard InChI is InChI=1S/C28H35N3O3/c1-28(2,3)31(23-13-9-15-30-19-23)27(32)34-26-17-22(20-10-5-4-6-11-20)16-25(26)33-24-14-8-7-12-21(24)18-29/h4-8,10-12,14,22-23,25-26,30H,9,13,15-17,19H2,1-3H3. The lowest BCUT2D eigenvalue weighted by Gasteiger charge is -2.43. The number of para-hydroxylation sites is 1. The van der Waals surface area contributed by atoms with Crippen LogP contribution in [0.4, 0.5) is 4.79 Å². The molecule has 1 amide bonds. The van der Waals surface area contributed by atoms with Crippen LogP contribution in [0.15, 0.2) is 54.6 Å². The van der Waals surface area contributed by atoms with E-state index in [0.29, 0.717) is 17.7 Å². The topological polar surface area (TPSA) is 74.6 Å². The van der Waals surface area contributed by atoms with Crippen molar-refractivity contribution in [2.24, 2.45) is 0 Å². The molecule has 0 aromatic heterocycles. The van der Waals surface area contributed by atoms with Crippen LogP contribution in [0.1, 0.15) is 63.5 Å². The first kappa shape index (κ1) is 24.1. The molecule has 2 aromatic carbocycles. The predicted octanol–water partition coefficient (Wildman–Crippen LogP) is 5.24. The Balaban J connectivity index is 1.56. The summed E-state index contributed by atoms with van der Waals surface area (Å²) in [6.45, 7) is 7.93. The molecule has 2 aliphatic rings. The zero-order chi connectivity index (χ0) is 24.1. The zero-order valence-corrected chi connectivity index (χ0v) is 20.4. The van der Waals surface area contributed by atoms with Crippen LogP contribution < -0.4 is 10.1 Å². The second-order valence-corrected chi connectivity index (χ2v) is 10.3. The van der Waals surface area contributed by atoms with E-state index < -0.39 is 6.10 Å². The van der Waals surface area contributed by atoms with E-state index >= 15 is 0 Å². The van der Waals surface area contributed by atoms with Crippen LogP contribution in [0.5, 0.6) is 5.75 Å². The molecule has 6 heteroatoms. The Kier molecular flexibility index (Phi) is 7.43. The van der Waals surface area contributed by atoms with Crippen molar-refractivity contribution in [1.82, 2.24) is 10.2 Å². The van der Waals surface area contributed by atoms with Gasteiger partial charge in [-0.1, -0.05) is 42.5 Å². The number of nitrogens with zero attached hydrogens (tertiary/aromatic N) is 2. The minimum Gasteiger partial charge on any atom is -0.485 e.